The summed E-state index contributed by atoms with van der Waals surface area (Å²) in [6, 6.07) is 19.9. The Balaban J connectivity index is 1.86. The third kappa shape index (κ3) is 4.56. The number of methoxy groups -OCH3 is 1. The summed E-state index contributed by atoms with van der Waals surface area (Å²) in [4.78, 5) is 33.4. The van der Waals surface area contributed by atoms with Crippen molar-refractivity contribution in [2.75, 3.05) is 25.6 Å². The quantitative estimate of drug-likeness (QED) is 0.566. The molecule has 2 amide bonds. The molecule has 0 fully saturated rings. The van der Waals surface area contributed by atoms with Crippen molar-refractivity contribution in [2.24, 2.45) is 5.73 Å². The number of aromatic nitrogens is 1. The summed E-state index contributed by atoms with van der Waals surface area (Å²) >= 11 is 0. The zero-order valence-corrected chi connectivity index (χ0v) is 19.3. The highest BCUT2D eigenvalue weighted by molar-refractivity contribution is 6.06. The highest BCUT2D eigenvalue weighted by Gasteiger charge is 2.45. The molecule has 2 atom stereocenters. The molecular formula is C27H28N4O3. The first-order chi connectivity index (χ1) is 16.5. The molecule has 0 bridgehead atoms. The van der Waals surface area contributed by atoms with Crippen LogP contribution in [0.4, 0.5) is 5.82 Å². The minimum Gasteiger partial charge on any atom is -0.404 e. The van der Waals surface area contributed by atoms with E-state index in [0.717, 1.165) is 11.1 Å². The third-order valence-electron chi connectivity index (χ3n) is 6.03. The number of aryl methyl sites for hydroxylation is 1. The van der Waals surface area contributed by atoms with Gasteiger partial charge in [0.1, 0.15) is 5.82 Å². The summed E-state index contributed by atoms with van der Waals surface area (Å²) in [5.41, 5.74) is 9.82. The van der Waals surface area contributed by atoms with E-state index in [2.05, 4.69) is 10.3 Å². The van der Waals surface area contributed by atoms with E-state index in [1.807, 2.05) is 61.5 Å². The molecular weight excluding hydrogens is 428 g/mol. The highest BCUT2D eigenvalue weighted by Crippen LogP contribution is 2.40. The van der Waals surface area contributed by atoms with Gasteiger partial charge in [0.25, 0.3) is 5.91 Å². The predicted octanol–water partition coefficient (Wildman–Crippen LogP) is 3.58. The average Bonchev–Trinajstić information content (AvgIpc) is 2.85. The second kappa shape index (κ2) is 10.3. The summed E-state index contributed by atoms with van der Waals surface area (Å²) in [6.45, 7) is 2.57. The van der Waals surface area contributed by atoms with E-state index in [4.69, 9.17) is 10.5 Å². The standard InChI is InChI=1S/C27H28N4O3/c1-18-12-13-29-23(16-18)30-26(32)24-20-10-6-7-11-21(20)27(33)31(14-15-34-2)25(24)22(17-28)19-8-4-3-5-9-19/h3-13,16-17,24-25H,14-15,28H2,1-2H3,(H,29,30,32)/b22-17+. The van der Waals surface area contributed by atoms with Gasteiger partial charge in [-0.1, -0.05) is 48.5 Å². The molecule has 2 unspecified atom stereocenters. The van der Waals surface area contributed by atoms with Gasteiger partial charge in [-0.2, -0.15) is 0 Å². The van der Waals surface area contributed by atoms with Crippen LogP contribution in [-0.4, -0.2) is 48.0 Å². The van der Waals surface area contributed by atoms with Gasteiger partial charge in [0, 0.05) is 25.4 Å². The number of benzene rings is 2. The summed E-state index contributed by atoms with van der Waals surface area (Å²) in [5, 5.41) is 2.96. The van der Waals surface area contributed by atoms with Crippen molar-refractivity contribution in [1.29, 1.82) is 0 Å². The van der Waals surface area contributed by atoms with Crippen molar-refractivity contribution in [3.8, 4) is 0 Å². The fourth-order valence-corrected chi connectivity index (χ4v) is 4.46. The molecule has 34 heavy (non-hydrogen) atoms. The number of nitrogens with one attached hydrogen (secondary N) is 1. The highest BCUT2D eigenvalue weighted by atomic mass is 16.5. The number of fused-ring (bicyclic) bond motifs is 1. The number of ether oxygens (including phenoxy) is 1. The molecule has 3 aromatic rings. The minimum atomic E-state index is -0.705. The number of pyridine rings is 1. The molecule has 174 valence electrons. The Morgan fingerprint density at radius 3 is 2.59 bits per heavy atom. The molecule has 1 aromatic heterocycles. The lowest BCUT2D eigenvalue weighted by atomic mass is 9.77. The van der Waals surface area contributed by atoms with Gasteiger partial charge >= 0.3 is 0 Å². The van der Waals surface area contributed by atoms with Crippen molar-refractivity contribution in [3.05, 3.63) is 101 Å². The number of hydrogen-bond acceptors (Lipinski definition) is 5. The van der Waals surface area contributed by atoms with Crippen LogP contribution in [0.1, 0.15) is 33.0 Å². The molecule has 0 saturated carbocycles. The van der Waals surface area contributed by atoms with Gasteiger partial charge in [-0.05, 0) is 53.6 Å². The van der Waals surface area contributed by atoms with Gasteiger partial charge in [-0.3, -0.25) is 9.59 Å². The van der Waals surface area contributed by atoms with Crippen molar-refractivity contribution in [1.82, 2.24) is 9.88 Å². The molecule has 1 aliphatic heterocycles. The number of nitrogens with two attached hydrogens (primary N) is 1. The van der Waals surface area contributed by atoms with Gasteiger partial charge in [0.15, 0.2) is 0 Å². The Morgan fingerprint density at radius 2 is 1.88 bits per heavy atom. The zero-order valence-electron chi connectivity index (χ0n) is 19.3. The van der Waals surface area contributed by atoms with Crippen LogP contribution in [0.25, 0.3) is 5.57 Å². The fraction of sp³-hybridized carbons (Fsp3) is 0.222. The second-order valence-electron chi connectivity index (χ2n) is 8.20. The Bertz CT molecular complexity index is 1210. The van der Waals surface area contributed by atoms with Crippen LogP contribution in [0.5, 0.6) is 0 Å². The number of hydrogen-bond donors (Lipinski definition) is 2. The van der Waals surface area contributed by atoms with E-state index in [1.54, 1.807) is 30.3 Å². The summed E-state index contributed by atoms with van der Waals surface area (Å²) in [5.74, 6) is -0.672. The van der Waals surface area contributed by atoms with Crippen LogP contribution < -0.4 is 11.1 Å². The SMILES string of the molecule is COCCN1C(=O)c2ccccc2C(C(=O)Nc2cc(C)ccn2)C1/C(=C/N)c1ccccc1. The number of rotatable bonds is 7. The van der Waals surface area contributed by atoms with Crippen LogP contribution in [0.15, 0.2) is 79.1 Å². The zero-order chi connectivity index (χ0) is 24.1. The average molecular weight is 457 g/mol. The summed E-state index contributed by atoms with van der Waals surface area (Å²) in [6.07, 6.45) is 3.15. The molecule has 0 radical (unpaired) electrons. The van der Waals surface area contributed by atoms with E-state index in [1.165, 1.54) is 6.20 Å². The van der Waals surface area contributed by atoms with Gasteiger partial charge in [0.2, 0.25) is 5.91 Å². The monoisotopic (exact) mass is 456 g/mol. The largest absolute Gasteiger partial charge is 0.404 e. The number of nitrogens with zero attached hydrogens (tertiary/aromatic N) is 2. The van der Waals surface area contributed by atoms with E-state index in [9.17, 15) is 9.59 Å². The van der Waals surface area contributed by atoms with E-state index < -0.39 is 12.0 Å². The molecule has 4 rings (SSSR count). The molecule has 2 heterocycles. The lowest BCUT2D eigenvalue weighted by Crippen LogP contribution is -2.53. The first-order valence-electron chi connectivity index (χ1n) is 11.1. The number of carbonyl (C=O) groups is 2. The van der Waals surface area contributed by atoms with Crippen LogP contribution >= 0.6 is 0 Å². The Kier molecular flexibility index (Phi) is 7.04. The first kappa shape index (κ1) is 23.2. The van der Waals surface area contributed by atoms with Gasteiger partial charge in [-0.15, -0.1) is 0 Å². The molecule has 0 spiro atoms. The lowest BCUT2D eigenvalue weighted by Gasteiger charge is -2.42. The maximum absolute atomic E-state index is 13.8. The molecule has 3 N–H and O–H groups in total. The molecule has 7 nitrogen and oxygen atoms in total. The molecule has 0 aliphatic carbocycles. The molecule has 7 heteroatoms. The number of anilines is 1. The van der Waals surface area contributed by atoms with Gasteiger partial charge < -0.3 is 20.7 Å². The van der Waals surface area contributed by atoms with Crippen LogP contribution in [0.2, 0.25) is 0 Å². The first-order valence-corrected chi connectivity index (χ1v) is 11.1. The van der Waals surface area contributed by atoms with Crippen molar-refractivity contribution < 1.29 is 14.3 Å². The van der Waals surface area contributed by atoms with Crippen LogP contribution in [0, 0.1) is 6.92 Å². The van der Waals surface area contributed by atoms with E-state index in [0.29, 0.717) is 35.7 Å². The smallest absolute Gasteiger partial charge is 0.254 e. The maximum Gasteiger partial charge on any atom is 0.254 e. The Morgan fingerprint density at radius 1 is 1.15 bits per heavy atom. The normalized spacial score (nSPS) is 17.9. The third-order valence-corrected chi connectivity index (χ3v) is 6.03. The Labute approximate surface area is 199 Å². The van der Waals surface area contributed by atoms with Crippen LogP contribution in [-0.2, 0) is 9.53 Å². The molecule has 1 aliphatic rings. The topological polar surface area (TPSA) is 97.5 Å². The fourth-order valence-electron chi connectivity index (χ4n) is 4.46. The maximum atomic E-state index is 13.8. The van der Waals surface area contributed by atoms with Gasteiger partial charge in [-0.25, -0.2) is 4.98 Å². The number of amides is 2. The lowest BCUT2D eigenvalue weighted by molar-refractivity contribution is -0.118. The van der Waals surface area contributed by atoms with Crippen molar-refractivity contribution in [3.63, 3.8) is 0 Å². The summed E-state index contributed by atoms with van der Waals surface area (Å²) in [7, 11) is 1.59. The predicted molar refractivity (Wildman–Crippen MR) is 132 cm³/mol. The summed E-state index contributed by atoms with van der Waals surface area (Å²) < 4.78 is 5.30. The van der Waals surface area contributed by atoms with Crippen molar-refractivity contribution >= 4 is 23.2 Å². The molecule has 2 aromatic carbocycles. The van der Waals surface area contributed by atoms with E-state index >= 15 is 0 Å². The molecule has 0 saturated heterocycles. The minimum absolute atomic E-state index is 0.161. The van der Waals surface area contributed by atoms with Crippen LogP contribution in [0.3, 0.4) is 0 Å². The second-order valence-corrected chi connectivity index (χ2v) is 8.20. The Hall–Kier alpha value is -3.97. The van der Waals surface area contributed by atoms with Crippen molar-refractivity contribution in [2.45, 2.75) is 18.9 Å². The van der Waals surface area contributed by atoms with Gasteiger partial charge in [0.05, 0.1) is 18.6 Å². The number of carbonyl (C=O) groups excluding carboxylic acids is 2. The van der Waals surface area contributed by atoms with E-state index in [-0.39, 0.29) is 11.8 Å².